The molecule has 9 aromatic carbocycles. The van der Waals surface area contributed by atoms with Crippen molar-refractivity contribution in [2.24, 2.45) is 0 Å². The average Bonchev–Trinajstić information content (AvgIpc) is 4.26. The van der Waals surface area contributed by atoms with E-state index in [9.17, 15) is 0 Å². The number of thiophene rings is 1. The Hall–Kier alpha value is -7.61. The quantitative estimate of drug-likeness (QED) is 0.112. The molecular weight excluding hydrogens is 883 g/mol. The van der Waals surface area contributed by atoms with Crippen molar-refractivity contribution < 1.29 is 8.83 Å². The molecule has 1 aliphatic heterocycles. The maximum Gasteiger partial charge on any atom is 0.186 e. The normalized spacial score (nSPS) is 14.3. The van der Waals surface area contributed by atoms with Crippen LogP contribution in [-0.4, -0.2) is 12.6 Å². The van der Waals surface area contributed by atoms with Gasteiger partial charge >= 0.3 is 0 Å². The molecule has 322 valence electrons. The molecule has 6 heteroatoms. The third kappa shape index (κ3) is 6.11. The predicted octanol–water partition coefficient (Wildman–Crippen LogP) is 15.7. The Bertz CT molecular complexity index is 3960. The van der Waals surface area contributed by atoms with E-state index in [2.05, 4.69) is 247 Å². The molecule has 0 aliphatic carbocycles. The van der Waals surface area contributed by atoms with Gasteiger partial charge in [-0.1, -0.05) is 158 Å². The van der Waals surface area contributed by atoms with Crippen molar-refractivity contribution in [3.8, 4) is 27.3 Å². The molecule has 0 fully saturated rings. The Labute approximate surface area is 402 Å². The lowest BCUT2D eigenvalue weighted by molar-refractivity contribution is 0.668. The number of para-hydroxylation sites is 3. The Morgan fingerprint density at radius 1 is 0.441 bits per heavy atom. The molecule has 0 saturated carbocycles. The molecule has 1 aliphatic rings. The summed E-state index contributed by atoms with van der Waals surface area (Å²) in [5.41, 5.74) is 10.4. The lowest BCUT2D eigenvalue weighted by Gasteiger charge is -2.35. The van der Waals surface area contributed by atoms with Crippen molar-refractivity contribution in [2.75, 3.05) is 0 Å². The third-order valence-electron chi connectivity index (χ3n) is 14.1. The Kier molecular flexibility index (Phi) is 9.16. The minimum absolute atomic E-state index is 0.356. The fourth-order valence-corrected chi connectivity index (χ4v) is 19.7. The van der Waals surface area contributed by atoms with Gasteiger partial charge in [-0.15, -0.1) is 23.1 Å². The van der Waals surface area contributed by atoms with Gasteiger partial charge in [-0.05, 0) is 110 Å². The van der Waals surface area contributed by atoms with Crippen molar-refractivity contribution in [2.45, 2.75) is 11.7 Å². The molecular formula is C62H41NO2S2Si. The van der Waals surface area contributed by atoms with Crippen LogP contribution in [0.4, 0.5) is 0 Å². The van der Waals surface area contributed by atoms with Crippen LogP contribution < -0.4 is 15.6 Å². The number of rotatable bonds is 8. The molecule has 0 radical (unpaired) electrons. The highest BCUT2D eigenvalue weighted by Crippen LogP contribution is 2.50. The van der Waals surface area contributed by atoms with Gasteiger partial charge in [0, 0.05) is 58.6 Å². The smallest absolute Gasteiger partial charge is 0.186 e. The number of fused-ring (bicyclic) bond motifs is 9. The standard InChI is InChI=1S/C62H41NO2S2Si/c1-4-15-43(16-5-1)68(44-17-6-2-7-18-44,45-19-8-3-9-20-45)61-36-35-60(67-61)59-34-33-58(66-59)41-28-31-56-51(38-41)50-37-40(27-30-55(50)64-56)46-23-14-24-49-52-39-42(29-32-57(52)65-62(46)49)63-53-25-12-10-21-47(53)48-22-11-13-26-54(48)63/h1-34,36-39,60H,35H2. The molecule has 0 spiro atoms. The first-order valence-corrected chi connectivity index (χ1v) is 26.9. The van der Waals surface area contributed by atoms with Crippen LogP contribution in [0.25, 0.3) is 92.9 Å². The average molecular weight is 924 g/mol. The molecule has 1 atom stereocenters. The Morgan fingerprint density at radius 3 is 1.65 bits per heavy atom. The topological polar surface area (TPSA) is 31.2 Å². The maximum absolute atomic E-state index is 6.75. The molecule has 13 aromatic rings. The predicted molar refractivity (Wildman–Crippen MR) is 291 cm³/mol. The first-order valence-electron chi connectivity index (χ1n) is 23.2. The van der Waals surface area contributed by atoms with Crippen molar-refractivity contribution in [3.63, 3.8) is 0 Å². The lowest BCUT2D eigenvalue weighted by Crippen LogP contribution is -2.68. The molecule has 0 saturated heterocycles. The second kappa shape index (κ2) is 15.7. The summed E-state index contributed by atoms with van der Waals surface area (Å²) in [6.07, 6.45) is 3.57. The minimum atomic E-state index is -2.54. The molecule has 4 aromatic heterocycles. The number of benzene rings is 9. The van der Waals surface area contributed by atoms with Gasteiger partial charge in [0.2, 0.25) is 0 Å². The maximum atomic E-state index is 6.75. The number of furan rings is 2. The van der Waals surface area contributed by atoms with Crippen LogP contribution >= 0.6 is 23.1 Å². The molecule has 5 heterocycles. The summed E-state index contributed by atoms with van der Waals surface area (Å²) < 4.78 is 17.1. The molecule has 14 rings (SSSR count). The van der Waals surface area contributed by atoms with E-state index >= 15 is 0 Å². The largest absolute Gasteiger partial charge is 0.456 e. The lowest BCUT2D eigenvalue weighted by atomic mass is 10.00. The minimum Gasteiger partial charge on any atom is -0.456 e. The summed E-state index contributed by atoms with van der Waals surface area (Å²) in [7, 11) is -2.54. The van der Waals surface area contributed by atoms with Gasteiger partial charge < -0.3 is 13.4 Å². The summed E-state index contributed by atoms with van der Waals surface area (Å²) >= 11 is 4.00. The van der Waals surface area contributed by atoms with Gasteiger partial charge in [0.15, 0.2) is 8.07 Å². The fourth-order valence-electron chi connectivity index (χ4n) is 11.0. The van der Waals surface area contributed by atoms with Crippen molar-refractivity contribution >= 4 is 112 Å². The Balaban J connectivity index is 0.801. The zero-order chi connectivity index (χ0) is 44.8. The van der Waals surface area contributed by atoms with E-state index in [0.29, 0.717) is 5.25 Å². The summed E-state index contributed by atoms with van der Waals surface area (Å²) in [6, 6.07) is 82.1. The first kappa shape index (κ1) is 39.5. The fraction of sp³-hybridized carbons (Fsp3) is 0.0323. The SMILES string of the molecule is C1=C([Si](c2ccccc2)(c2ccccc2)c2ccccc2)SC(c2ccc(-c3ccc4oc5ccc(-c6cccc7c6oc6ccc(-n8c9ccccc9c9ccccc98)cc67)cc5c4c3)s2)C1. The highest BCUT2D eigenvalue weighted by molar-refractivity contribution is 8.06. The van der Waals surface area contributed by atoms with E-state index in [0.717, 1.165) is 67.1 Å². The van der Waals surface area contributed by atoms with Crippen molar-refractivity contribution in [3.05, 3.63) is 240 Å². The van der Waals surface area contributed by atoms with E-state index in [4.69, 9.17) is 8.83 Å². The van der Waals surface area contributed by atoms with Gasteiger partial charge in [-0.2, -0.15) is 0 Å². The summed E-state index contributed by atoms with van der Waals surface area (Å²) in [5, 5.41) is 11.5. The summed E-state index contributed by atoms with van der Waals surface area (Å²) in [5.74, 6) is 0. The summed E-state index contributed by atoms with van der Waals surface area (Å²) in [4.78, 5) is 2.68. The number of hydrogen-bond acceptors (Lipinski definition) is 4. The van der Waals surface area contributed by atoms with Gasteiger partial charge in [-0.3, -0.25) is 0 Å². The van der Waals surface area contributed by atoms with E-state index < -0.39 is 8.07 Å². The van der Waals surface area contributed by atoms with Crippen molar-refractivity contribution in [1.82, 2.24) is 4.57 Å². The van der Waals surface area contributed by atoms with Gasteiger partial charge in [-0.25, -0.2) is 0 Å². The van der Waals surface area contributed by atoms with E-state index in [1.165, 1.54) is 57.2 Å². The molecule has 68 heavy (non-hydrogen) atoms. The zero-order valence-corrected chi connectivity index (χ0v) is 39.4. The van der Waals surface area contributed by atoms with Crippen LogP contribution in [0.15, 0.2) is 244 Å². The van der Waals surface area contributed by atoms with Gasteiger partial charge in [0.05, 0.1) is 11.0 Å². The third-order valence-corrected chi connectivity index (χ3v) is 22.5. The number of nitrogens with zero attached hydrogens (tertiary/aromatic N) is 1. The molecule has 1 unspecified atom stereocenters. The van der Waals surface area contributed by atoms with E-state index in [-0.39, 0.29) is 0 Å². The van der Waals surface area contributed by atoms with Gasteiger partial charge in [0.1, 0.15) is 22.3 Å². The molecule has 0 N–H and O–H groups in total. The summed E-state index contributed by atoms with van der Waals surface area (Å²) in [6.45, 7) is 0. The van der Waals surface area contributed by atoms with Crippen LogP contribution in [0.1, 0.15) is 16.5 Å². The second-order valence-electron chi connectivity index (χ2n) is 17.8. The van der Waals surface area contributed by atoms with Crippen LogP contribution in [0.5, 0.6) is 0 Å². The highest BCUT2D eigenvalue weighted by atomic mass is 32.2. The Morgan fingerprint density at radius 2 is 0.985 bits per heavy atom. The van der Waals surface area contributed by atoms with Crippen molar-refractivity contribution in [1.29, 1.82) is 0 Å². The van der Waals surface area contributed by atoms with Crippen LogP contribution in [0.3, 0.4) is 0 Å². The number of thioether (sulfide) groups is 1. The number of allylic oxidation sites excluding steroid dienone is 1. The number of aromatic nitrogens is 1. The first-order chi connectivity index (χ1) is 33.7. The van der Waals surface area contributed by atoms with Crippen LogP contribution in [0.2, 0.25) is 0 Å². The molecule has 0 amide bonds. The number of hydrogen-bond donors (Lipinski definition) is 0. The highest BCUT2D eigenvalue weighted by Gasteiger charge is 2.46. The van der Waals surface area contributed by atoms with Gasteiger partial charge in [0.25, 0.3) is 0 Å². The van der Waals surface area contributed by atoms with E-state index in [1.807, 2.05) is 11.3 Å². The molecule has 0 bridgehead atoms. The van der Waals surface area contributed by atoms with E-state index in [1.54, 1.807) is 0 Å². The van der Waals surface area contributed by atoms with Crippen LogP contribution in [0, 0.1) is 0 Å². The zero-order valence-electron chi connectivity index (χ0n) is 36.8. The van der Waals surface area contributed by atoms with Crippen LogP contribution in [-0.2, 0) is 0 Å². The molecule has 3 nitrogen and oxygen atoms in total. The second-order valence-corrected chi connectivity index (χ2v) is 24.3. The monoisotopic (exact) mass is 923 g/mol.